The number of aliphatic hydroxyl groups excluding tert-OH is 1. The Kier molecular flexibility index (Phi) is 4.75. The lowest BCUT2D eigenvalue weighted by Crippen LogP contribution is -2.48. The molecule has 0 aliphatic heterocycles. The molecule has 0 saturated carbocycles. The number of esters is 2. The number of hydrogen-bond donors (Lipinski definition) is 2. The molecule has 0 bridgehead atoms. The van der Waals surface area contributed by atoms with Gasteiger partial charge in [-0.05, 0) is 12.5 Å². The fraction of sp³-hybridized carbons (Fsp3) is 0.412. The van der Waals surface area contributed by atoms with E-state index in [0.29, 0.717) is 5.56 Å². The van der Waals surface area contributed by atoms with Crippen molar-refractivity contribution in [3.63, 3.8) is 0 Å². The van der Waals surface area contributed by atoms with Crippen LogP contribution in [0.2, 0.25) is 0 Å². The molecule has 6 nitrogen and oxygen atoms in total. The van der Waals surface area contributed by atoms with E-state index in [1.165, 1.54) is 21.1 Å². The van der Waals surface area contributed by atoms with Crippen molar-refractivity contribution in [2.24, 2.45) is 5.92 Å². The first-order chi connectivity index (χ1) is 10.8. The number of methoxy groups -OCH3 is 2. The van der Waals surface area contributed by atoms with Crippen molar-refractivity contribution in [2.45, 2.75) is 24.9 Å². The molecule has 0 heterocycles. The number of ether oxygens (including phenoxy) is 2. The van der Waals surface area contributed by atoms with Gasteiger partial charge >= 0.3 is 11.9 Å². The molecule has 2 unspecified atom stereocenters. The third-order valence-electron chi connectivity index (χ3n) is 4.17. The van der Waals surface area contributed by atoms with Crippen LogP contribution in [0.15, 0.2) is 41.7 Å². The summed E-state index contributed by atoms with van der Waals surface area (Å²) < 4.78 is 9.57. The molecule has 0 aromatic heterocycles. The number of aliphatic hydroxyl groups is 2. The minimum absolute atomic E-state index is 0.0272. The lowest BCUT2D eigenvalue weighted by atomic mass is 9.66. The highest BCUT2D eigenvalue weighted by atomic mass is 16.5. The minimum atomic E-state index is -1.56. The van der Waals surface area contributed by atoms with Gasteiger partial charge in [-0.3, -0.25) is 4.79 Å². The third kappa shape index (κ3) is 3.07. The van der Waals surface area contributed by atoms with Crippen molar-refractivity contribution < 1.29 is 29.3 Å². The van der Waals surface area contributed by atoms with Crippen molar-refractivity contribution in [1.29, 1.82) is 0 Å². The van der Waals surface area contributed by atoms with E-state index >= 15 is 0 Å². The van der Waals surface area contributed by atoms with Crippen LogP contribution in [0.5, 0.6) is 0 Å². The van der Waals surface area contributed by atoms with Crippen LogP contribution >= 0.6 is 0 Å². The number of hydrogen-bond acceptors (Lipinski definition) is 6. The van der Waals surface area contributed by atoms with Gasteiger partial charge in [0.1, 0.15) is 5.76 Å². The molecular weight excluding hydrogens is 300 g/mol. The first-order valence-electron chi connectivity index (χ1n) is 7.19. The summed E-state index contributed by atoms with van der Waals surface area (Å²) in [6.45, 7) is 1.44. The summed E-state index contributed by atoms with van der Waals surface area (Å²) in [6, 6.07) is 8.73. The molecule has 6 heteroatoms. The molecule has 124 valence electrons. The number of benzene rings is 1. The van der Waals surface area contributed by atoms with Gasteiger partial charge in [0, 0.05) is 12.3 Å². The largest absolute Gasteiger partial charge is 0.512 e. The maximum Gasteiger partial charge on any atom is 0.337 e. The van der Waals surface area contributed by atoms with Gasteiger partial charge in [-0.25, -0.2) is 4.79 Å². The van der Waals surface area contributed by atoms with E-state index in [4.69, 9.17) is 9.47 Å². The Morgan fingerprint density at radius 3 is 2.30 bits per heavy atom. The van der Waals surface area contributed by atoms with E-state index in [1.807, 2.05) is 0 Å². The highest BCUT2D eigenvalue weighted by Crippen LogP contribution is 2.47. The molecule has 23 heavy (non-hydrogen) atoms. The second-order valence-corrected chi connectivity index (χ2v) is 5.78. The molecule has 1 aromatic rings. The molecule has 0 amide bonds. The standard InChI is InChI=1S/C17H20O6/c1-17(21)9-11(18)13(15(19)22-2)12(14(17)16(20)23-3)10-7-5-4-6-8-10/h4-8,12,14,18,21H,9H2,1-3H3/t12?,14?,17-/m1/s1. The summed E-state index contributed by atoms with van der Waals surface area (Å²) in [5.41, 5.74) is -0.981. The average molecular weight is 320 g/mol. The van der Waals surface area contributed by atoms with Crippen LogP contribution < -0.4 is 0 Å². The minimum Gasteiger partial charge on any atom is -0.512 e. The maximum atomic E-state index is 12.3. The van der Waals surface area contributed by atoms with Gasteiger partial charge in [0.25, 0.3) is 0 Å². The summed E-state index contributed by atoms with van der Waals surface area (Å²) in [6.07, 6.45) is -0.236. The fourth-order valence-corrected chi connectivity index (χ4v) is 3.14. The molecule has 0 saturated heterocycles. The quantitative estimate of drug-likeness (QED) is 0.824. The van der Waals surface area contributed by atoms with Gasteiger partial charge in [-0.1, -0.05) is 30.3 Å². The SMILES string of the molecule is COC(=O)C1=C(O)C[C@@](C)(O)C(C(=O)OC)C1c1ccccc1. The number of rotatable bonds is 3. The highest BCUT2D eigenvalue weighted by Gasteiger charge is 2.52. The van der Waals surface area contributed by atoms with E-state index in [2.05, 4.69) is 0 Å². The lowest BCUT2D eigenvalue weighted by molar-refractivity contribution is -0.158. The summed E-state index contributed by atoms with van der Waals surface area (Å²) in [5, 5.41) is 20.9. The van der Waals surface area contributed by atoms with E-state index in [0.717, 1.165) is 0 Å². The normalized spacial score (nSPS) is 27.5. The monoisotopic (exact) mass is 320 g/mol. The fourth-order valence-electron chi connectivity index (χ4n) is 3.14. The molecule has 3 atom stereocenters. The van der Waals surface area contributed by atoms with Crippen molar-refractivity contribution in [2.75, 3.05) is 14.2 Å². The van der Waals surface area contributed by atoms with Crippen molar-refractivity contribution in [1.82, 2.24) is 0 Å². The summed E-state index contributed by atoms with van der Waals surface area (Å²) in [7, 11) is 2.42. The Morgan fingerprint density at radius 1 is 1.17 bits per heavy atom. The molecule has 0 radical (unpaired) electrons. The smallest absolute Gasteiger partial charge is 0.337 e. The van der Waals surface area contributed by atoms with Gasteiger partial charge in [-0.2, -0.15) is 0 Å². The van der Waals surface area contributed by atoms with Crippen LogP contribution in [0.4, 0.5) is 0 Å². The van der Waals surface area contributed by atoms with E-state index < -0.39 is 29.4 Å². The maximum absolute atomic E-state index is 12.3. The van der Waals surface area contributed by atoms with Crippen molar-refractivity contribution >= 4 is 11.9 Å². The van der Waals surface area contributed by atoms with Crippen LogP contribution in [0.25, 0.3) is 0 Å². The number of carbonyl (C=O) groups is 2. The predicted molar refractivity (Wildman–Crippen MR) is 81.6 cm³/mol. The van der Waals surface area contributed by atoms with Crippen molar-refractivity contribution in [3.8, 4) is 0 Å². The Labute approximate surface area is 134 Å². The molecule has 1 aromatic carbocycles. The number of carbonyl (C=O) groups excluding carboxylic acids is 2. The second-order valence-electron chi connectivity index (χ2n) is 5.78. The van der Waals surface area contributed by atoms with Gasteiger partial charge in [-0.15, -0.1) is 0 Å². The van der Waals surface area contributed by atoms with Gasteiger partial charge in [0.2, 0.25) is 0 Å². The zero-order chi connectivity index (χ0) is 17.2. The first kappa shape index (κ1) is 17.0. The lowest BCUT2D eigenvalue weighted by Gasteiger charge is -2.41. The zero-order valence-corrected chi connectivity index (χ0v) is 13.3. The molecular formula is C17H20O6. The third-order valence-corrected chi connectivity index (χ3v) is 4.17. The molecule has 0 spiro atoms. The van der Waals surface area contributed by atoms with Gasteiger partial charge in [0.15, 0.2) is 0 Å². The van der Waals surface area contributed by atoms with E-state index in [9.17, 15) is 19.8 Å². The van der Waals surface area contributed by atoms with Gasteiger partial charge < -0.3 is 19.7 Å². The van der Waals surface area contributed by atoms with Crippen LogP contribution in [-0.4, -0.2) is 42.0 Å². The predicted octanol–water partition coefficient (Wildman–Crippen LogP) is 1.70. The Morgan fingerprint density at radius 2 is 1.78 bits per heavy atom. The molecule has 0 fully saturated rings. The van der Waals surface area contributed by atoms with Crippen LogP contribution in [-0.2, 0) is 19.1 Å². The zero-order valence-electron chi connectivity index (χ0n) is 13.3. The molecule has 1 aliphatic rings. The van der Waals surface area contributed by atoms with Crippen molar-refractivity contribution in [3.05, 3.63) is 47.2 Å². The van der Waals surface area contributed by atoms with Crippen LogP contribution in [0.3, 0.4) is 0 Å². The highest BCUT2D eigenvalue weighted by molar-refractivity contribution is 5.93. The molecule has 2 rings (SSSR count). The van der Waals surface area contributed by atoms with Crippen LogP contribution in [0.1, 0.15) is 24.8 Å². The summed E-state index contributed by atoms with van der Waals surface area (Å²) >= 11 is 0. The topological polar surface area (TPSA) is 93.1 Å². The van der Waals surface area contributed by atoms with Gasteiger partial charge in [0.05, 0.1) is 31.3 Å². The Balaban J connectivity index is 2.69. The van der Waals surface area contributed by atoms with Crippen LogP contribution in [0, 0.1) is 5.92 Å². The first-order valence-corrected chi connectivity index (χ1v) is 7.19. The molecule has 2 N–H and O–H groups in total. The Bertz CT molecular complexity index is 632. The van der Waals surface area contributed by atoms with E-state index in [1.54, 1.807) is 30.3 Å². The van der Waals surface area contributed by atoms with E-state index in [-0.39, 0.29) is 17.8 Å². The summed E-state index contributed by atoms with van der Waals surface area (Å²) in [5.74, 6) is -3.57. The Hall–Kier alpha value is -2.34. The molecule has 1 aliphatic carbocycles. The second kappa shape index (κ2) is 6.42. The average Bonchev–Trinajstić information content (AvgIpc) is 2.52. The summed E-state index contributed by atoms with van der Waals surface area (Å²) in [4.78, 5) is 24.4.